The number of carboxylic acids is 4. The number of carboxylic acid groups (broad SMARTS) is 4. The molecule has 250 valence electrons. The predicted octanol–water partition coefficient (Wildman–Crippen LogP) is -3.59. The molecule has 14 N–H and O–H groups in total. The first-order valence-electron chi connectivity index (χ1n) is 13.8. The summed E-state index contributed by atoms with van der Waals surface area (Å²) in [5.41, 5.74) is 16.6. The van der Waals surface area contributed by atoms with E-state index in [0.29, 0.717) is 0 Å². The van der Waals surface area contributed by atoms with Crippen molar-refractivity contribution in [1.82, 2.24) is 21.3 Å². The molecule has 0 aromatic heterocycles. The Balaban J connectivity index is 5.20. The molecule has 0 radical (unpaired) electrons. The van der Waals surface area contributed by atoms with Crippen LogP contribution in [0.1, 0.15) is 65.2 Å². The average Bonchev–Trinajstić information content (AvgIpc) is 2.93. The zero-order chi connectivity index (χ0) is 34.1. The second-order valence-electron chi connectivity index (χ2n) is 10.2. The summed E-state index contributed by atoms with van der Waals surface area (Å²) in [4.78, 5) is 94.3. The van der Waals surface area contributed by atoms with E-state index >= 15 is 0 Å². The van der Waals surface area contributed by atoms with Crippen molar-refractivity contribution in [3.05, 3.63) is 0 Å². The van der Waals surface area contributed by atoms with Gasteiger partial charge in [-0.25, -0.2) is 4.79 Å². The van der Waals surface area contributed by atoms with Crippen LogP contribution in [-0.2, 0) is 38.4 Å². The highest BCUT2D eigenvalue weighted by Gasteiger charge is 2.28. The molecular formula is C25H43N7O12. The van der Waals surface area contributed by atoms with Gasteiger partial charge in [-0.05, 0) is 58.8 Å². The van der Waals surface area contributed by atoms with Gasteiger partial charge in [-0.15, -0.1) is 0 Å². The van der Waals surface area contributed by atoms with Crippen LogP contribution in [0.5, 0.6) is 0 Å². The molecule has 19 nitrogen and oxygen atoms in total. The Bertz CT molecular complexity index is 1060. The van der Waals surface area contributed by atoms with Crippen LogP contribution in [0.2, 0.25) is 0 Å². The topological polar surface area (TPSA) is 344 Å². The zero-order valence-electron chi connectivity index (χ0n) is 24.5. The third-order valence-electron chi connectivity index (χ3n) is 6.42. The van der Waals surface area contributed by atoms with Crippen molar-refractivity contribution in [1.29, 1.82) is 0 Å². The van der Waals surface area contributed by atoms with Gasteiger partial charge in [-0.2, -0.15) is 0 Å². The van der Waals surface area contributed by atoms with E-state index in [1.807, 2.05) is 0 Å². The van der Waals surface area contributed by atoms with Crippen LogP contribution in [0.25, 0.3) is 0 Å². The third kappa shape index (κ3) is 15.8. The normalized spacial score (nSPS) is 15.7. The third-order valence-corrected chi connectivity index (χ3v) is 6.42. The van der Waals surface area contributed by atoms with Crippen LogP contribution in [0.4, 0.5) is 0 Å². The molecule has 0 fully saturated rings. The molecule has 19 heteroatoms. The minimum Gasteiger partial charge on any atom is -0.480 e. The molecule has 0 unspecified atom stereocenters. The van der Waals surface area contributed by atoms with E-state index in [1.54, 1.807) is 0 Å². The van der Waals surface area contributed by atoms with Gasteiger partial charge in [0.25, 0.3) is 0 Å². The summed E-state index contributed by atoms with van der Waals surface area (Å²) in [5.74, 6) is -8.49. The van der Waals surface area contributed by atoms with E-state index in [9.17, 15) is 43.5 Å². The number of hydrogen-bond donors (Lipinski definition) is 11. The first-order valence-corrected chi connectivity index (χ1v) is 13.8. The summed E-state index contributed by atoms with van der Waals surface area (Å²) >= 11 is 0. The average molecular weight is 634 g/mol. The summed E-state index contributed by atoms with van der Waals surface area (Å²) in [7, 11) is 0. The van der Waals surface area contributed by atoms with Gasteiger partial charge in [-0.1, -0.05) is 0 Å². The summed E-state index contributed by atoms with van der Waals surface area (Å²) in [5, 5.41) is 45.4. The van der Waals surface area contributed by atoms with Crippen LogP contribution >= 0.6 is 0 Å². The fourth-order valence-electron chi connectivity index (χ4n) is 3.60. The van der Waals surface area contributed by atoms with Crippen molar-refractivity contribution in [3.63, 3.8) is 0 Å². The number of nitrogens with two attached hydrogens (primary N) is 3. The monoisotopic (exact) mass is 633 g/mol. The molecule has 7 atom stereocenters. The van der Waals surface area contributed by atoms with Gasteiger partial charge < -0.3 is 58.9 Å². The fraction of sp³-hybridized carbons (Fsp3) is 0.680. The number of hydrogen-bond acceptors (Lipinski definition) is 11. The molecule has 4 amide bonds. The molecule has 0 bridgehead atoms. The summed E-state index contributed by atoms with van der Waals surface area (Å²) in [6.07, 6.45) is -0.734. The van der Waals surface area contributed by atoms with Crippen molar-refractivity contribution in [2.24, 2.45) is 17.2 Å². The smallest absolute Gasteiger partial charge is 0.326 e. The number of carbonyl (C=O) groups is 8. The van der Waals surface area contributed by atoms with Gasteiger partial charge in [0, 0.05) is 6.42 Å². The first kappa shape index (κ1) is 39.6. The maximum absolute atomic E-state index is 12.9. The molecule has 0 saturated heterocycles. The highest BCUT2D eigenvalue weighted by Crippen LogP contribution is 2.08. The highest BCUT2D eigenvalue weighted by molar-refractivity contribution is 5.93. The molecule has 0 aliphatic heterocycles. The van der Waals surface area contributed by atoms with E-state index in [0.717, 1.165) is 0 Å². The Hall–Kier alpha value is -4.36. The predicted molar refractivity (Wildman–Crippen MR) is 150 cm³/mol. The fourth-order valence-corrected chi connectivity index (χ4v) is 3.60. The molecule has 0 spiro atoms. The van der Waals surface area contributed by atoms with Crippen LogP contribution in [0.15, 0.2) is 0 Å². The zero-order valence-corrected chi connectivity index (χ0v) is 24.5. The van der Waals surface area contributed by atoms with Crippen molar-refractivity contribution in [2.75, 3.05) is 0 Å². The van der Waals surface area contributed by atoms with Gasteiger partial charge in [0.05, 0.1) is 6.04 Å². The van der Waals surface area contributed by atoms with Crippen LogP contribution in [0, 0.1) is 0 Å². The minimum absolute atomic E-state index is 0.0195. The minimum atomic E-state index is -1.43. The van der Waals surface area contributed by atoms with E-state index < -0.39 is 89.8 Å². The van der Waals surface area contributed by atoms with Gasteiger partial charge >= 0.3 is 23.9 Å². The Labute approximate surface area is 252 Å². The van der Waals surface area contributed by atoms with Crippen LogP contribution in [-0.4, -0.2) is 110 Å². The molecule has 0 aromatic rings. The summed E-state index contributed by atoms with van der Waals surface area (Å²) < 4.78 is 0. The van der Waals surface area contributed by atoms with Gasteiger partial charge in [0.15, 0.2) is 0 Å². The van der Waals surface area contributed by atoms with E-state index in [2.05, 4.69) is 21.3 Å². The molecule has 0 aliphatic rings. The lowest BCUT2D eigenvalue weighted by Gasteiger charge is -2.23. The summed E-state index contributed by atoms with van der Waals surface area (Å²) in [6.45, 7) is 2.49. The molecule has 0 saturated carbocycles. The molecule has 0 aliphatic carbocycles. The Morgan fingerprint density at radius 2 is 0.977 bits per heavy atom. The van der Waals surface area contributed by atoms with Crippen molar-refractivity contribution in [3.8, 4) is 0 Å². The Kier molecular flexibility index (Phi) is 17.8. The maximum atomic E-state index is 12.9. The van der Waals surface area contributed by atoms with Crippen molar-refractivity contribution in [2.45, 2.75) is 108 Å². The van der Waals surface area contributed by atoms with E-state index in [-0.39, 0.29) is 51.4 Å². The summed E-state index contributed by atoms with van der Waals surface area (Å²) in [6, 6.07) is -8.85. The second kappa shape index (κ2) is 19.8. The van der Waals surface area contributed by atoms with Crippen molar-refractivity contribution >= 4 is 47.5 Å². The number of nitrogens with one attached hydrogen (secondary N) is 4. The lowest BCUT2D eigenvalue weighted by atomic mass is 10.0. The SMILES string of the molecule is C[C@@H](NC(=O)[C@@H](N)CCC[C@@H](NC(=O)[C@@H](C)NC(=O)[C@H](CCC[C@@H](N)C(=O)O)NC(=O)CC[C@@H](N)C(=O)O)C(=O)O)C(=O)O. The molecule has 0 heterocycles. The number of amides is 4. The molecule has 44 heavy (non-hydrogen) atoms. The van der Waals surface area contributed by atoms with Crippen LogP contribution < -0.4 is 38.5 Å². The molecular weight excluding hydrogens is 590 g/mol. The standard InChI is InChI=1S/C25H43N7O12/c1-11(19(34)32-17(25(43)44)8-3-5-13(26)20(35)30-12(2)22(37)38)29-21(36)16(7-4-6-14(27)23(39)40)31-18(33)10-9-15(28)24(41)42/h11-17H,3-10,26-28H2,1-2H3,(H,29,36)(H,30,35)(H,31,33)(H,32,34)(H,37,38)(H,39,40)(H,41,42)(H,43,44)/t11-,12-,13+,14-,15-,16+,17-/m1/s1. The second-order valence-corrected chi connectivity index (χ2v) is 10.2. The maximum Gasteiger partial charge on any atom is 0.326 e. The highest BCUT2D eigenvalue weighted by atomic mass is 16.4. The lowest BCUT2D eigenvalue weighted by molar-refractivity contribution is -0.142. The first-order chi connectivity index (χ1) is 20.4. The lowest BCUT2D eigenvalue weighted by Crippen LogP contribution is -2.54. The quantitative estimate of drug-likeness (QED) is 0.0548. The van der Waals surface area contributed by atoms with Crippen molar-refractivity contribution < 1.29 is 58.8 Å². The van der Waals surface area contributed by atoms with Gasteiger partial charge in [0.2, 0.25) is 23.6 Å². The number of rotatable bonds is 22. The van der Waals surface area contributed by atoms with Gasteiger partial charge in [0.1, 0.15) is 36.3 Å². The van der Waals surface area contributed by atoms with E-state index in [4.69, 9.17) is 32.5 Å². The van der Waals surface area contributed by atoms with Gasteiger partial charge in [-0.3, -0.25) is 33.6 Å². The molecule has 0 rings (SSSR count). The molecule has 0 aromatic carbocycles. The van der Waals surface area contributed by atoms with E-state index in [1.165, 1.54) is 13.8 Å². The largest absolute Gasteiger partial charge is 0.480 e. The van der Waals surface area contributed by atoms with Crippen LogP contribution in [0.3, 0.4) is 0 Å². The Morgan fingerprint density at radius 3 is 1.48 bits per heavy atom. The number of aliphatic carboxylic acids is 4. The number of carbonyl (C=O) groups excluding carboxylic acids is 4. The Morgan fingerprint density at radius 1 is 0.500 bits per heavy atom.